The Morgan fingerprint density at radius 2 is 2.21 bits per heavy atom. The number of rotatable bonds is 3. The second kappa shape index (κ2) is 4.60. The normalized spacial score (nSPS) is 10.0. The van der Waals surface area contributed by atoms with Gasteiger partial charge in [0.1, 0.15) is 5.56 Å². The van der Waals surface area contributed by atoms with Crippen molar-refractivity contribution < 1.29 is 14.3 Å². The standard InChI is InChI=1S/C10H13NO3/c1-7(2)14-10(12)8-5-4-6-11-9(8)13-3/h4-7H,1-3H3. The van der Waals surface area contributed by atoms with Gasteiger partial charge in [-0.3, -0.25) is 0 Å². The Balaban J connectivity index is 2.88. The third-order valence-corrected chi connectivity index (χ3v) is 1.53. The lowest BCUT2D eigenvalue weighted by molar-refractivity contribution is 0.0373. The van der Waals surface area contributed by atoms with Crippen LogP contribution in [0.15, 0.2) is 18.3 Å². The van der Waals surface area contributed by atoms with Crippen LogP contribution in [-0.4, -0.2) is 24.2 Å². The van der Waals surface area contributed by atoms with Crippen LogP contribution in [0.2, 0.25) is 0 Å². The summed E-state index contributed by atoms with van der Waals surface area (Å²) in [5, 5.41) is 0. The minimum absolute atomic E-state index is 0.146. The summed E-state index contributed by atoms with van der Waals surface area (Å²) < 4.78 is 9.96. The molecule has 0 aliphatic carbocycles. The average molecular weight is 195 g/mol. The molecule has 0 aliphatic heterocycles. The molecule has 0 saturated carbocycles. The first kappa shape index (κ1) is 10.5. The van der Waals surface area contributed by atoms with Crippen LogP contribution in [0.1, 0.15) is 24.2 Å². The zero-order valence-electron chi connectivity index (χ0n) is 8.48. The minimum atomic E-state index is -0.412. The van der Waals surface area contributed by atoms with Gasteiger partial charge in [0.2, 0.25) is 5.88 Å². The fourth-order valence-corrected chi connectivity index (χ4v) is 0.986. The maximum Gasteiger partial charge on any atom is 0.343 e. The number of aromatic nitrogens is 1. The van der Waals surface area contributed by atoms with E-state index in [9.17, 15) is 4.79 Å². The number of hydrogen-bond acceptors (Lipinski definition) is 4. The van der Waals surface area contributed by atoms with Crippen molar-refractivity contribution in [2.45, 2.75) is 20.0 Å². The first-order chi connectivity index (χ1) is 6.65. The molecule has 1 rings (SSSR count). The van der Waals surface area contributed by atoms with E-state index in [0.29, 0.717) is 5.56 Å². The average Bonchev–Trinajstić information content (AvgIpc) is 2.16. The summed E-state index contributed by atoms with van der Waals surface area (Å²) in [5.41, 5.74) is 0.351. The van der Waals surface area contributed by atoms with E-state index in [2.05, 4.69) is 4.98 Å². The third-order valence-electron chi connectivity index (χ3n) is 1.53. The summed E-state index contributed by atoms with van der Waals surface area (Å²) in [6.45, 7) is 3.58. The molecule has 0 aliphatic rings. The Bertz CT molecular complexity index is 323. The number of hydrogen-bond donors (Lipinski definition) is 0. The van der Waals surface area contributed by atoms with Crippen molar-refractivity contribution in [3.63, 3.8) is 0 Å². The molecular formula is C10H13NO3. The lowest BCUT2D eigenvalue weighted by Gasteiger charge is -2.09. The maximum absolute atomic E-state index is 11.5. The van der Waals surface area contributed by atoms with Gasteiger partial charge in [-0.15, -0.1) is 0 Å². The zero-order chi connectivity index (χ0) is 10.6. The quantitative estimate of drug-likeness (QED) is 0.688. The fourth-order valence-electron chi connectivity index (χ4n) is 0.986. The number of pyridine rings is 1. The number of nitrogens with zero attached hydrogens (tertiary/aromatic N) is 1. The molecule has 1 heterocycles. The lowest BCUT2D eigenvalue weighted by Crippen LogP contribution is -2.13. The Labute approximate surface area is 82.9 Å². The number of ether oxygens (including phenoxy) is 2. The molecule has 0 amide bonds. The van der Waals surface area contributed by atoms with E-state index in [0.717, 1.165) is 0 Å². The summed E-state index contributed by atoms with van der Waals surface area (Å²) >= 11 is 0. The third kappa shape index (κ3) is 2.45. The van der Waals surface area contributed by atoms with Crippen LogP contribution in [0.4, 0.5) is 0 Å². The van der Waals surface area contributed by atoms with E-state index in [1.54, 1.807) is 32.2 Å². The van der Waals surface area contributed by atoms with E-state index in [4.69, 9.17) is 9.47 Å². The molecule has 0 spiro atoms. The molecule has 4 heteroatoms. The predicted molar refractivity (Wildman–Crippen MR) is 51.3 cm³/mol. The highest BCUT2D eigenvalue weighted by molar-refractivity contribution is 5.91. The summed E-state index contributed by atoms with van der Waals surface area (Å²) in [6.07, 6.45) is 1.41. The Hall–Kier alpha value is -1.58. The molecule has 0 bridgehead atoms. The van der Waals surface area contributed by atoms with Crippen molar-refractivity contribution in [2.75, 3.05) is 7.11 Å². The van der Waals surface area contributed by atoms with E-state index in [1.807, 2.05) is 0 Å². The molecule has 1 aromatic heterocycles. The number of esters is 1. The number of methoxy groups -OCH3 is 1. The first-order valence-electron chi connectivity index (χ1n) is 4.35. The first-order valence-corrected chi connectivity index (χ1v) is 4.35. The highest BCUT2D eigenvalue weighted by Gasteiger charge is 2.14. The Morgan fingerprint density at radius 3 is 2.79 bits per heavy atom. The van der Waals surface area contributed by atoms with E-state index < -0.39 is 5.97 Å². The fraction of sp³-hybridized carbons (Fsp3) is 0.400. The van der Waals surface area contributed by atoms with Gasteiger partial charge in [-0.25, -0.2) is 9.78 Å². The van der Waals surface area contributed by atoms with Crippen LogP contribution in [0.25, 0.3) is 0 Å². The SMILES string of the molecule is COc1ncccc1C(=O)OC(C)C. The molecule has 0 atom stereocenters. The molecule has 14 heavy (non-hydrogen) atoms. The maximum atomic E-state index is 11.5. The van der Waals surface area contributed by atoms with E-state index >= 15 is 0 Å². The molecule has 0 N–H and O–H groups in total. The smallest absolute Gasteiger partial charge is 0.343 e. The predicted octanol–water partition coefficient (Wildman–Crippen LogP) is 1.66. The number of carbonyl (C=O) groups excluding carboxylic acids is 1. The lowest BCUT2D eigenvalue weighted by atomic mass is 10.3. The monoisotopic (exact) mass is 195 g/mol. The van der Waals surface area contributed by atoms with Crippen LogP contribution < -0.4 is 4.74 Å². The van der Waals surface area contributed by atoms with Gasteiger partial charge in [0.15, 0.2) is 0 Å². The Morgan fingerprint density at radius 1 is 1.50 bits per heavy atom. The van der Waals surface area contributed by atoms with Crippen molar-refractivity contribution >= 4 is 5.97 Å². The van der Waals surface area contributed by atoms with Gasteiger partial charge >= 0.3 is 5.97 Å². The van der Waals surface area contributed by atoms with Crippen LogP contribution >= 0.6 is 0 Å². The van der Waals surface area contributed by atoms with Crippen molar-refractivity contribution in [3.05, 3.63) is 23.9 Å². The highest BCUT2D eigenvalue weighted by Crippen LogP contribution is 2.15. The van der Waals surface area contributed by atoms with Crippen molar-refractivity contribution in [2.24, 2.45) is 0 Å². The molecule has 0 radical (unpaired) electrons. The molecule has 4 nitrogen and oxygen atoms in total. The summed E-state index contributed by atoms with van der Waals surface area (Å²) in [7, 11) is 1.47. The van der Waals surface area contributed by atoms with Crippen LogP contribution in [0.3, 0.4) is 0 Å². The Kier molecular flexibility index (Phi) is 3.45. The molecule has 1 aromatic rings. The van der Waals surface area contributed by atoms with Gasteiger partial charge in [-0.1, -0.05) is 0 Å². The summed E-state index contributed by atoms with van der Waals surface area (Å²) in [6, 6.07) is 3.29. The zero-order valence-corrected chi connectivity index (χ0v) is 8.48. The molecule has 0 fully saturated rings. The van der Waals surface area contributed by atoms with Gasteiger partial charge in [0.25, 0.3) is 0 Å². The van der Waals surface area contributed by atoms with E-state index in [1.165, 1.54) is 7.11 Å². The van der Waals surface area contributed by atoms with Crippen molar-refractivity contribution in [1.29, 1.82) is 0 Å². The van der Waals surface area contributed by atoms with Crippen LogP contribution in [0.5, 0.6) is 5.88 Å². The minimum Gasteiger partial charge on any atom is -0.480 e. The van der Waals surface area contributed by atoms with Gasteiger partial charge in [-0.2, -0.15) is 0 Å². The highest BCUT2D eigenvalue weighted by atomic mass is 16.5. The topological polar surface area (TPSA) is 48.4 Å². The molecular weight excluding hydrogens is 182 g/mol. The van der Waals surface area contributed by atoms with E-state index in [-0.39, 0.29) is 12.0 Å². The summed E-state index contributed by atoms with van der Waals surface area (Å²) in [4.78, 5) is 15.4. The van der Waals surface area contributed by atoms with Crippen LogP contribution in [-0.2, 0) is 4.74 Å². The van der Waals surface area contributed by atoms with Gasteiger partial charge in [0, 0.05) is 6.20 Å². The largest absolute Gasteiger partial charge is 0.480 e. The van der Waals surface area contributed by atoms with Gasteiger partial charge in [0.05, 0.1) is 13.2 Å². The van der Waals surface area contributed by atoms with Crippen LogP contribution in [0, 0.1) is 0 Å². The van der Waals surface area contributed by atoms with Crippen molar-refractivity contribution in [1.82, 2.24) is 4.98 Å². The van der Waals surface area contributed by atoms with Gasteiger partial charge in [-0.05, 0) is 26.0 Å². The number of carbonyl (C=O) groups is 1. The molecule has 0 unspecified atom stereocenters. The molecule has 76 valence electrons. The van der Waals surface area contributed by atoms with Gasteiger partial charge < -0.3 is 9.47 Å². The second-order valence-corrected chi connectivity index (χ2v) is 3.01. The van der Waals surface area contributed by atoms with Crippen molar-refractivity contribution in [3.8, 4) is 5.88 Å². The molecule has 0 saturated heterocycles. The molecule has 0 aromatic carbocycles. The second-order valence-electron chi connectivity index (χ2n) is 3.01. The summed E-state index contributed by atoms with van der Waals surface area (Å²) in [5.74, 6) is -0.122.